The molecule has 1 aliphatic heterocycles. The summed E-state index contributed by atoms with van der Waals surface area (Å²) in [6.07, 6.45) is 1.30. The van der Waals surface area contributed by atoms with Gasteiger partial charge in [-0.05, 0) is 37.5 Å². The second-order valence-electron chi connectivity index (χ2n) is 7.82. The lowest BCUT2D eigenvalue weighted by atomic mass is 9.99. The minimum atomic E-state index is -3.61. The fourth-order valence-corrected chi connectivity index (χ4v) is 5.41. The van der Waals surface area contributed by atoms with Crippen molar-refractivity contribution in [3.05, 3.63) is 78.0 Å². The van der Waals surface area contributed by atoms with E-state index < -0.39 is 15.9 Å². The zero-order valence-corrected chi connectivity index (χ0v) is 18.3. The van der Waals surface area contributed by atoms with Gasteiger partial charge in [0.2, 0.25) is 15.9 Å². The third-order valence-electron chi connectivity index (χ3n) is 5.46. The van der Waals surface area contributed by atoms with Crippen LogP contribution in [0.5, 0.6) is 0 Å². The molecule has 3 aromatic rings. The van der Waals surface area contributed by atoms with Crippen molar-refractivity contribution in [2.75, 3.05) is 18.4 Å². The summed E-state index contributed by atoms with van der Waals surface area (Å²) >= 11 is 0. The average molecular weight is 439 g/mol. The van der Waals surface area contributed by atoms with Gasteiger partial charge >= 0.3 is 0 Å². The Labute approximate surface area is 182 Å². The van der Waals surface area contributed by atoms with Gasteiger partial charge in [-0.15, -0.1) is 0 Å². The van der Waals surface area contributed by atoms with Crippen molar-refractivity contribution in [2.45, 2.75) is 31.2 Å². The summed E-state index contributed by atoms with van der Waals surface area (Å²) in [7, 11) is -3.61. The number of hydrogen-bond acceptors (Lipinski definition) is 4. The molecule has 0 bridgehead atoms. The van der Waals surface area contributed by atoms with Gasteiger partial charge in [-0.2, -0.15) is 9.40 Å². The second kappa shape index (κ2) is 9.03. The number of hydrogen-bond donors (Lipinski definition) is 1. The van der Waals surface area contributed by atoms with Gasteiger partial charge in [-0.1, -0.05) is 48.5 Å². The Morgan fingerprint density at radius 1 is 1.10 bits per heavy atom. The van der Waals surface area contributed by atoms with Crippen molar-refractivity contribution in [2.24, 2.45) is 5.92 Å². The Hall–Kier alpha value is -2.97. The van der Waals surface area contributed by atoms with E-state index in [1.54, 1.807) is 35.0 Å². The first-order chi connectivity index (χ1) is 14.9. The van der Waals surface area contributed by atoms with Crippen molar-refractivity contribution >= 4 is 21.7 Å². The predicted molar refractivity (Wildman–Crippen MR) is 119 cm³/mol. The molecule has 162 valence electrons. The van der Waals surface area contributed by atoms with E-state index in [4.69, 9.17) is 0 Å². The molecule has 1 unspecified atom stereocenters. The van der Waals surface area contributed by atoms with Gasteiger partial charge in [-0.3, -0.25) is 4.79 Å². The largest absolute Gasteiger partial charge is 0.311 e. The highest BCUT2D eigenvalue weighted by molar-refractivity contribution is 7.89. The molecule has 4 rings (SSSR count). The number of aryl methyl sites for hydroxylation is 1. The van der Waals surface area contributed by atoms with Crippen LogP contribution < -0.4 is 5.32 Å². The highest BCUT2D eigenvalue weighted by Crippen LogP contribution is 2.25. The first-order valence-corrected chi connectivity index (χ1v) is 11.8. The maximum absolute atomic E-state index is 13.0. The third kappa shape index (κ3) is 4.86. The van der Waals surface area contributed by atoms with Gasteiger partial charge in [0, 0.05) is 19.2 Å². The number of amides is 1. The number of rotatable bonds is 6. The maximum atomic E-state index is 13.0. The van der Waals surface area contributed by atoms with Gasteiger partial charge < -0.3 is 5.32 Å². The molecule has 0 saturated carbocycles. The number of sulfonamides is 1. The molecule has 2 aromatic carbocycles. The summed E-state index contributed by atoms with van der Waals surface area (Å²) in [6, 6.07) is 20.1. The fraction of sp³-hybridized carbons (Fsp3) is 0.304. The summed E-state index contributed by atoms with van der Waals surface area (Å²) < 4.78 is 29.1. The Morgan fingerprint density at radius 3 is 2.48 bits per heavy atom. The molecule has 2 heterocycles. The lowest BCUT2D eigenvalue weighted by Crippen LogP contribution is -2.43. The molecular weight excluding hydrogens is 412 g/mol. The highest BCUT2D eigenvalue weighted by Gasteiger charge is 2.33. The number of aromatic nitrogens is 2. The van der Waals surface area contributed by atoms with E-state index in [1.165, 1.54) is 4.31 Å². The standard InChI is InChI=1S/C23H26N4O3S/c1-18-15-22(27(25-18)16-19-9-4-2-5-10-19)24-23(28)20-11-8-14-26(17-20)31(29,30)21-12-6-3-7-13-21/h2-7,9-10,12-13,15,20H,8,11,14,16-17H2,1H3,(H,24,28). The van der Waals surface area contributed by atoms with Crippen LogP contribution in [0.3, 0.4) is 0 Å². The van der Waals surface area contributed by atoms with Crippen LogP contribution in [0.2, 0.25) is 0 Å². The lowest BCUT2D eigenvalue weighted by Gasteiger charge is -2.31. The summed E-state index contributed by atoms with van der Waals surface area (Å²) in [6.45, 7) is 3.02. The van der Waals surface area contributed by atoms with Gasteiger partial charge in [-0.25, -0.2) is 13.1 Å². The van der Waals surface area contributed by atoms with Crippen molar-refractivity contribution in [3.8, 4) is 0 Å². The minimum absolute atomic E-state index is 0.175. The average Bonchev–Trinajstić information content (AvgIpc) is 3.13. The molecular formula is C23H26N4O3S. The number of piperidine rings is 1. The zero-order chi connectivity index (χ0) is 21.8. The Kier molecular flexibility index (Phi) is 6.20. The molecule has 1 N–H and O–H groups in total. The van der Waals surface area contributed by atoms with Gasteiger partial charge in [0.05, 0.1) is 23.1 Å². The summed E-state index contributed by atoms with van der Waals surface area (Å²) in [4.78, 5) is 13.3. The number of anilines is 1. The summed E-state index contributed by atoms with van der Waals surface area (Å²) in [5, 5.41) is 7.47. The first-order valence-electron chi connectivity index (χ1n) is 10.4. The molecule has 7 nitrogen and oxygen atoms in total. The second-order valence-corrected chi connectivity index (χ2v) is 9.76. The molecule has 0 spiro atoms. The Bertz CT molecular complexity index is 1140. The molecule has 8 heteroatoms. The molecule has 1 aliphatic rings. The van der Waals surface area contributed by atoms with E-state index in [1.807, 2.05) is 43.3 Å². The van der Waals surface area contributed by atoms with E-state index in [0.717, 1.165) is 11.3 Å². The van der Waals surface area contributed by atoms with Crippen LogP contribution in [0.1, 0.15) is 24.1 Å². The Balaban J connectivity index is 1.47. The van der Waals surface area contributed by atoms with Crippen molar-refractivity contribution in [1.29, 1.82) is 0 Å². The van der Waals surface area contributed by atoms with Crippen LogP contribution in [0.4, 0.5) is 5.82 Å². The smallest absolute Gasteiger partial charge is 0.243 e. The molecule has 1 amide bonds. The van der Waals surface area contributed by atoms with Crippen LogP contribution >= 0.6 is 0 Å². The molecule has 31 heavy (non-hydrogen) atoms. The van der Waals surface area contributed by atoms with Crippen LogP contribution in [0.15, 0.2) is 71.6 Å². The monoisotopic (exact) mass is 438 g/mol. The number of carbonyl (C=O) groups is 1. The quantitative estimate of drug-likeness (QED) is 0.640. The van der Waals surface area contributed by atoms with E-state index in [0.29, 0.717) is 31.7 Å². The van der Waals surface area contributed by atoms with E-state index >= 15 is 0 Å². The topological polar surface area (TPSA) is 84.3 Å². The zero-order valence-electron chi connectivity index (χ0n) is 17.4. The van der Waals surface area contributed by atoms with Crippen molar-refractivity contribution < 1.29 is 13.2 Å². The minimum Gasteiger partial charge on any atom is -0.311 e. The van der Waals surface area contributed by atoms with E-state index in [9.17, 15) is 13.2 Å². The molecule has 1 aromatic heterocycles. The molecule has 1 fully saturated rings. The van der Waals surface area contributed by atoms with Crippen molar-refractivity contribution in [3.63, 3.8) is 0 Å². The summed E-state index contributed by atoms with van der Waals surface area (Å²) in [5.41, 5.74) is 1.89. The number of carbonyl (C=O) groups excluding carboxylic acids is 1. The van der Waals surface area contributed by atoms with Gasteiger partial charge in [0.1, 0.15) is 5.82 Å². The molecule has 0 aliphatic carbocycles. The van der Waals surface area contributed by atoms with Crippen LogP contribution in [0, 0.1) is 12.8 Å². The van der Waals surface area contributed by atoms with E-state index in [2.05, 4.69) is 10.4 Å². The molecule has 0 radical (unpaired) electrons. The normalized spacial score (nSPS) is 17.4. The molecule has 1 atom stereocenters. The third-order valence-corrected chi connectivity index (χ3v) is 7.34. The SMILES string of the molecule is Cc1cc(NC(=O)C2CCCN(S(=O)(=O)c3ccccc3)C2)n(Cc2ccccc2)n1. The molecule has 1 saturated heterocycles. The number of nitrogens with one attached hydrogen (secondary N) is 1. The number of benzene rings is 2. The predicted octanol–water partition coefficient (Wildman–Crippen LogP) is 3.28. The van der Waals surface area contributed by atoms with Crippen LogP contribution in [-0.2, 0) is 21.4 Å². The lowest BCUT2D eigenvalue weighted by molar-refractivity contribution is -0.120. The Morgan fingerprint density at radius 2 is 1.77 bits per heavy atom. The maximum Gasteiger partial charge on any atom is 0.243 e. The van der Waals surface area contributed by atoms with E-state index in [-0.39, 0.29) is 17.3 Å². The fourth-order valence-electron chi connectivity index (χ4n) is 3.87. The first kappa shape index (κ1) is 21.3. The number of nitrogens with zero attached hydrogens (tertiary/aromatic N) is 3. The summed E-state index contributed by atoms with van der Waals surface area (Å²) in [5.74, 6) is 0.0317. The van der Waals surface area contributed by atoms with Gasteiger partial charge in [0.15, 0.2) is 0 Å². The van der Waals surface area contributed by atoms with Crippen LogP contribution in [-0.4, -0.2) is 41.5 Å². The van der Waals surface area contributed by atoms with Gasteiger partial charge in [0.25, 0.3) is 0 Å². The van der Waals surface area contributed by atoms with Crippen molar-refractivity contribution in [1.82, 2.24) is 14.1 Å². The van der Waals surface area contributed by atoms with Crippen LogP contribution in [0.25, 0.3) is 0 Å². The highest BCUT2D eigenvalue weighted by atomic mass is 32.2.